The van der Waals surface area contributed by atoms with Crippen LogP contribution in [-0.2, 0) is 19.4 Å². The van der Waals surface area contributed by atoms with Crippen molar-refractivity contribution in [2.75, 3.05) is 5.73 Å². The molecule has 0 bridgehead atoms. The minimum Gasteiger partial charge on any atom is -0.399 e. The summed E-state index contributed by atoms with van der Waals surface area (Å²) in [6, 6.07) is 9.65. The van der Waals surface area contributed by atoms with Gasteiger partial charge in [0.2, 0.25) is 0 Å². The van der Waals surface area contributed by atoms with Crippen molar-refractivity contribution in [3.8, 4) is 0 Å². The van der Waals surface area contributed by atoms with E-state index < -0.39 is 0 Å². The largest absolute Gasteiger partial charge is 0.399 e. The highest BCUT2D eigenvalue weighted by molar-refractivity contribution is 7.14. The van der Waals surface area contributed by atoms with Crippen LogP contribution in [0.5, 0.6) is 0 Å². The summed E-state index contributed by atoms with van der Waals surface area (Å²) in [7, 11) is 0. The third kappa shape index (κ3) is 2.85. The number of rotatable bonds is 3. The molecular weight excluding hydrogens is 268 g/mol. The average molecular weight is 286 g/mol. The molecule has 2 aromatic rings. The lowest BCUT2D eigenvalue weighted by Crippen LogP contribution is -2.21. The van der Waals surface area contributed by atoms with Crippen LogP contribution in [0.1, 0.15) is 38.5 Å². The van der Waals surface area contributed by atoms with Crippen LogP contribution in [-0.4, -0.2) is 5.91 Å². The van der Waals surface area contributed by atoms with E-state index in [1.54, 1.807) is 11.3 Å². The van der Waals surface area contributed by atoms with Crippen LogP contribution in [0.15, 0.2) is 30.3 Å². The number of amides is 1. The van der Waals surface area contributed by atoms with E-state index in [-0.39, 0.29) is 5.91 Å². The van der Waals surface area contributed by atoms with E-state index in [0.717, 1.165) is 29.0 Å². The molecule has 1 aliphatic carbocycles. The molecule has 0 aliphatic heterocycles. The van der Waals surface area contributed by atoms with Gasteiger partial charge >= 0.3 is 0 Å². The second kappa shape index (κ2) is 5.67. The molecule has 1 heterocycles. The monoisotopic (exact) mass is 286 g/mol. The lowest BCUT2D eigenvalue weighted by atomic mass is 9.99. The summed E-state index contributed by atoms with van der Waals surface area (Å²) < 4.78 is 0. The molecule has 0 radical (unpaired) electrons. The topological polar surface area (TPSA) is 55.1 Å². The van der Waals surface area contributed by atoms with E-state index >= 15 is 0 Å². The predicted octanol–water partition coefficient (Wildman–Crippen LogP) is 3.14. The van der Waals surface area contributed by atoms with Gasteiger partial charge in [-0.25, -0.2) is 0 Å². The first-order chi connectivity index (χ1) is 9.72. The van der Waals surface area contributed by atoms with Crippen molar-refractivity contribution < 1.29 is 4.79 Å². The summed E-state index contributed by atoms with van der Waals surface area (Å²) >= 11 is 1.65. The Hall–Kier alpha value is -1.81. The fraction of sp³-hybridized carbons (Fsp3) is 0.312. The molecule has 1 aromatic heterocycles. The van der Waals surface area contributed by atoms with Crippen molar-refractivity contribution in [1.29, 1.82) is 0 Å². The van der Waals surface area contributed by atoms with Crippen molar-refractivity contribution in [1.82, 2.24) is 5.32 Å². The molecule has 3 nitrogen and oxygen atoms in total. The van der Waals surface area contributed by atoms with Crippen LogP contribution in [0.25, 0.3) is 0 Å². The summed E-state index contributed by atoms with van der Waals surface area (Å²) in [6.07, 6.45) is 4.75. The maximum absolute atomic E-state index is 12.2. The van der Waals surface area contributed by atoms with Gasteiger partial charge in [0.05, 0.1) is 4.88 Å². The van der Waals surface area contributed by atoms with Gasteiger partial charge in [-0.15, -0.1) is 11.3 Å². The molecular formula is C16H18N2OS. The molecule has 20 heavy (non-hydrogen) atoms. The SMILES string of the molecule is Nc1ccc(CNC(=O)c2cc3c(s2)CCCC3)cc1. The van der Waals surface area contributed by atoms with Gasteiger partial charge in [0, 0.05) is 17.1 Å². The van der Waals surface area contributed by atoms with E-state index in [2.05, 4.69) is 11.4 Å². The third-order valence-electron chi connectivity index (χ3n) is 3.65. The van der Waals surface area contributed by atoms with E-state index in [1.807, 2.05) is 24.3 Å². The maximum Gasteiger partial charge on any atom is 0.261 e. The first-order valence-electron chi connectivity index (χ1n) is 6.96. The fourth-order valence-electron chi connectivity index (χ4n) is 2.51. The number of nitrogens with one attached hydrogen (secondary N) is 1. The Morgan fingerprint density at radius 3 is 2.70 bits per heavy atom. The number of hydrogen-bond acceptors (Lipinski definition) is 3. The van der Waals surface area contributed by atoms with Gasteiger partial charge in [0.15, 0.2) is 0 Å². The number of benzene rings is 1. The molecule has 1 aromatic carbocycles. The number of carbonyl (C=O) groups excluding carboxylic acids is 1. The Morgan fingerprint density at radius 1 is 1.20 bits per heavy atom. The molecule has 0 saturated carbocycles. The van der Waals surface area contributed by atoms with Crippen LogP contribution in [0.3, 0.4) is 0 Å². The summed E-state index contributed by atoms with van der Waals surface area (Å²) in [4.78, 5) is 14.4. The lowest BCUT2D eigenvalue weighted by molar-refractivity contribution is 0.0955. The van der Waals surface area contributed by atoms with Crippen LogP contribution >= 0.6 is 11.3 Å². The van der Waals surface area contributed by atoms with Crippen LogP contribution in [0, 0.1) is 0 Å². The molecule has 0 fully saturated rings. The van der Waals surface area contributed by atoms with Crippen molar-refractivity contribution in [2.24, 2.45) is 0 Å². The molecule has 0 spiro atoms. The van der Waals surface area contributed by atoms with Gasteiger partial charge < -0.3 is 11.1 Å². The third-order valence-corrected chi connectivity index (χ3v) is 4.89. The molecule has 1 aliphatic rings. The van der Waals surface area contributed by atoms with Crippen molar-refractivity contribution in [3.63, 3.8) is 0 Å². The van der Waals surface area contributed by atoms with E-state index in [1.165, 1.54) is 23.3 Å². The highest BCUT2D eigenvalue weighted by Gasteiger charge is 2.16. The van der Waals surface area contributed by atoms with Crippen molar-refractivity contribution in [2.45, 2.75) is 32.2 Å². The van der Waals surface area contributed by atoms with Gasteiger partial charge in [-0.05, 0) is 55.0 Å². The predicted molar refractivity (Wildman–Crippen MR) is 83.0 cm³/mol. The first-order valence-corrected chi connectivity index (χ1v) is 7.78. The first kappa shape index (κ1) is 13.2. The fourth-order valence-corrected chi connectivity index (χ4v) is 3.68. The maximum atomic E-state index is 12.2. The smallest absolute Gasteiger partial charge is 0.261 e. The average Bonchev–Trinajstić information content (AvgIpc) is 2.90. The van der Waals surface area contributed by atoms with E-state index in [4.69, 9.17) is 5.73 Å². The molecule has 104 valence electrons. The molecule has 0 saturated heterocycles. The normalized spacial score (nSPS) is 13.8. The summed E-state index contributed by atoms with van der Waals surface area (Å²) in [5.74, 6) is 0.0289. The second-order valence-electron chi connectivity index (χ2n) is 5.19. The molecule has 0 atom stereocenters. The molecule has 3 N–H and O–H groups in total. The Morgan fingerprint density at radius 2 is 1.95 bits per heavy atom. The number of nitrogen functional groups attached to an aromatic ring is 1. The summed E-state index contributed by atoms with van der Waals surface area (Å²) in [6.45, 7) is 0.543. The molecule has 0 unspecified atom stereocenters. The van der Waals surface area contributed by atoms with Crippen molar-refractivity contribution in [3.05, 3.63) is 51.2 Å². The molecule has 4 heteroatoms. The van der Waals surface area contributed by atoms with Crippen LogP contribution in [0.2, 0.25) is 0 Å². The van der Waals surface area contributed by atoms with Gasteiger partial charge in [0.25, 0.3) is 5.91 Å². The van der Waals surface area contributed by atoms with Gasteiger partial charge in [-0.2, -0.15) is 0 Å². The van der Waals surface area contributed by atoms with Gasteiger partial charge in [-0.3, -0.25) is 4.79 Å². The zero-order valence-electron chi connectivity index (χ0n) is 11.3. The minimum absolute atomic E-state index is 0.0289. The zero-order chi connectivity index (χ0) is 13.9. The Kier molecular flexibility index (Phi) is 3.74. The van der Waals surface area contributed by atoms with Crippen LogP contribution < -0.4 is 11.1 Å². The minimum atomic E-state index is 0.0289. The molecule has 1 amide bonds. The Balaban J connectivity index is 1.64. The number of carbonyl (C=O) groups is 1. The number of anilines is 1. The lowest BCUT2D eigenvalue weighted by Gasteiger charge is -2.08. The highest BCUT2D eigenvalue weighted by atomic mass is 32.1. The zero-order valence-corrected chi connectivity index (χ0v) is 12.1. The highest BCUT2D eigenvalue weighted by Crippen LogP contribution is 2.29. The quantitative estimate of drug-likeness (QED) is 0.852. The summed E-state index contributed by atoms with van der Waals surface area (Å²) in [5.41, 5.74) is 8.82. The number of hydrogen-bond donors (Lipinski definition) is 2. The number of aryl methyl sites for hydroxylation is 2. The number of nitrogens with two attached hydrogens (primary N) is 1. The number of fused-ring (bicyclic) bond motifs is 1. The Labute approximate surface area is 122 Å². The van der Waals surface area contributed by atoms with E-state index in [0.29, 0.717) is 6.54 Å². The Bertz CT molecular complexity index is 592. The summed E-state index contributed by atoms with van der Waals surface area (Å²) in [5, 5.41) is 2.97. The van der Waals surface area contributed by atoms with Gasteiger partial charge in [-0.1, -0.05) is 12.1 Å². The standard InChI is InChI=1S/C16H18N2OS/c17-13-7-5-11(6-8-13)10-18-16(19)15-9-12-3-1-2-4-14(12)20-15/h5-9H,1-4,10,17H2,(H,18,19). The van der Waals surface area contributed by atoms with Crippen LogP contribution in [0.4, 0.5) is 5.69 Å². The molecule has 3 rings (SSSR count). The van der Waals surface area contributed by atoms with Crippen molar-refractivity contribution >= 4 is 22.9 Å². The second-order valence-corrected chi connectivity index (χ2v) is 6.33. The van der Waals surface area contributed by atoms with E-state index in [9.17, 15) is 4.79 Å². The van der Waals surface area contributed by atoms with Gasteiger partial charge in [0.1, 0.15) is 0 Å². The number of thiophene rings is 1.